The highest BCUT2D eigenvalue weighted by Crippen LogP contribution is 2.24. The van der Waals surface area contributed by atoms with Gasteiger partial charge in [-0.3, -0.25) is 9.69 Å². The lowest BCUT2D eigenvalue weighted by Crippen LogP contribution is -2.55. The molecule has 2 rings (SSSR count). The van der Waals surface area contributed by atoms with Crippen LogP contribution in [0.5, 0.6) is 0 Å². The van der Waals surface area contributed by atoms with E-state index in [0.717, 1.165) is 39.0 Å². The molecule has 5 heteroatoms. The number of nitrogens with two attached hydrogens (primary N) is 1. The van der Waals surface area contributed by atoms with Crippen molar-refractivity contribution >= 4 is 5.91 Å². The summed E-state index contributed by atoms with van der Waals surface area (Å²) < 4.78 is 0. The molecule has 0 spiro atoms. The zero-order chi connectivity index (χ0) is 11.5. The van der Waals surface area contributed by atoms with Crippen LogP contribution in [0.1, 0.15) is 12.8 Å². The Bertz CT molecular complexity index is 298. The molecule has 16 heavy (non-hydrogen) atoms. The Hall–Kier alpha value is -1.12. The standard InChI is InChI=1S/C11H18N4O/c12-5-9-7-15(8-9)10-1-3-14(4-2-10)11(16)6-13/h9-10H,1-4,6-8,13H2. The van der Waals surface area contributed by atoms with Gasteiger partial charge in [0.25, 0.3) is 0 Å². The van der Waals surface area contributed by atoms with Crippen LogP contribution < -0.4 is 5.73 Å². The van der Waals surface area contributed by atoms with Gasteiger partial charge in [-0.1, -0.05) is 0 Å². The molecule has 2 aliphatic rings. The van der Waals surface area contributed by atoms with E-state index in [-0.39, 0.29) is 18.4 Å². The van der Waals surface area contributed by atoms with Crippen molar-refractivity contribution in [1.82, 2.24) is 9.80 Å². The topological polar surface area (TPSA) is 73.4 Å². The van der Waals surface area contributed by atoms with Gasteiger partial charge < -0.3 is 10.6 Å². The van der Waals surface area contributed by atoms with Crippen molar-refractivity contribution in [1.29, 1.82) is 5.26 Å². The molecule has 0 radical (unpaired) electrons. The molecule has 0 aliphatic carbocycles. The first-order valence-corrected chi connectivity index (χ1v) is 5.86. The molecule has 0 saturated carbocycles. The van der Waals surface area contributed by atoms with E-state index >= 15 is 0 Å². The molecule has 88 valence electrons. The number of hydrogen-bond acceptors (Lipinski definition) is 4. The Morgan fingerprint density at radius 2 is 2.00 bits per heavy atom. The minimum atomic E-state index is 0.0527. The van der Waals surface area contributed by atoms with E-state index < -0.39 is 0 Å². The van der Waals surface area contributed by atoms with E-state index in [1.807, 2.05) is 4.90 Å². The van der Waals surface area contributed by atoms with E-state index in [2.05, 4.69) is 11.0 Å². The minimum absolute atomic E-state index is 0.0527. The molecule has 0 unspecified atom stereocenters. The molecule has 0 atom stereocenters. The lowest BCUT2D eigenvalue weighted by atomic mass is 9.94. The summed E-state index contributed by atoms with van der Waals surface area (Å²) in [7, 11) is 0. The molecule has 0 aromatic heterocycles. The normalized spacial score (nSPS) is 23.9. The summed E-state index contributed by atoms with van der Waals surface area (Å²) >= 11 is 0. The van der Waals surface area contributed by atoms with E-state index in [0.29, 0.717) is 6.04 Å². The van der Waals surface area contributed by atoms with Gasteiger partial charge in [-0.15, -0.1) is 0 Å². The van der Waals surface area contributed by atoms with Crippen LogP contribution in [0.4, 0.5) is 0 Å². The third-order valence-electron chi connectivity index (χ3n) is 3.60. The van der Waals surface area contributed by atoms with Crippen molar-refractivity contribution in [2.24, 2.45) is 11.7 Å². The van der Waals surface area contributed by atoms with E-state index in [1.54, 1.807) is 0 Å². The van der Waals surface area contributed by atoms with Crippen LogP contribution in [0.2, 0.25) is 0 Å². The van der Waals surface area contributed by atoms with Crippen molar-refractivity contribution in [2.75, 3.05) is 32.7 Å². The average molecular weight is 222 g/mol. The Balaban J connectivity index is 1.74. The zero-order valence-corrected chi connectivity index (χ0v) is 9.43. The van der Waals surface area contributed by atoms with Gasteiger partial charge in [0, 0.05) is 32.2 Å². The van der Waals surface area contributed by atoms with E-state index in [9.17, 15) is 4.79 Å². The maximum atomic E-state index is 11.4. The molecule has 0 aromatic carbocycles. The van der Waals surface area contributed by atoms with Gasteiger partial charge in [-0.05, 0) is 12.8 Å². The fraction of sp³-hybridized carbons (Fsp3) is 0.818. The minimum Gasteiger partial charge on any atom is -0.341 e. The highest BCUT2D eigenvalue weighted by atomic mass is 16.2. The first kappa shape index (κ1) is 11.4. The number of nitriles is 1. The number of nitrogens with zero attached hydrogens (tertiary/aromatic N) is 3. The molecule has 0 bridgehead atoms. The first-order chi connectivity index (χ1) is 7.74. The third kappa shape index (κ3) is 2.18. The second kappa shape index (κ2) is 4.81. The summed E-state index contributed by atoms with van der Waals surface area (Å²) in [6.07, 6.45) is 2.04. The lowest BCUT2D eigenvalue weighted by molar-refractivity contribution is -0.131. The van der Waals surface area contributed by atoms with Gasteiger partial charge in [0.1, 0.15) is 0 Å². The number of hydrogen-bond donors (Lipinski definition) is 1. The quantitative estimate of drug-likeness (QED) is 0.676. The molecular weight excluding hydrogens is 204 g/mol. The largest absolute Gasteiger partial charge is 0.341 e. The number of likely N-dealkylation sites (tertiary alicyclic amines) is 2. The summed E-state index contributed by atoms with van der Waals surface area (Å²) in [5.74, 6) is 0.278. The SMILES string of the molecule is N#CC1CN(C2CCN(C(=O)CN)CC2)C1. The number of rotatable bonds is 2. The van der Waals surface area contributed by atoms with Crippen LogP contribution in [-0.4, -0.2) is 54.5 Å². The number of piperidine rings is 1. The van der Waals surface area contributed by atoms with Crippen LogP contribution in [0.3, 0.4) is 0 Å². The summed E-state index contributed by atoms with van der Waals surface area (Å²) in [6, 6.07) is 2.85. The Kier molecular flexibility index (Phi) is 3.42. The monoisotopic (exact) mass is 222 g/mol. The molecule has 2 heterocycles. The van der Waals surface area contributed by atoms with Gasteiger partial charge in [-0.2, -0.15) is 5.26 Å². The van der Waals surface area contributed by atoms with Gasteiger partial charge in [-0.25, -0.2) is 0 Å². The van der Waals surface area contributed by atoms with Crippen molar-refractivity contribution in [3.63, 3.8) is 0 Å². The smallest absolute Gasteiger partial charge is 0.236 e. The van der Waals surface area contributed by atoms with Crippen LogP contribution in [-0.2, 0) is 4.79 Å². The van der Waals surface area contributed by atoms with Crippen LogP contribution in [0.15, 0.2) is 0 Å². The maximum absolute atomic E-state index is 11.4. The lowest BCUT2D eigenvalue weighted by Gasteiger charge is -2.45. The maximum Gasteiger partial charge on any atom is 0.236 e. The van der Waals surface area contributed by atoms with E-state index in [4.69, 9.17) is 11.0 Å². The van der Waals surface area contributed by atoms with Crippen molar-refractivity contribution in [3.05, 3.63) is 0 Å². The number of carbonyl (C=O) groups excluding carboxylic acids is 1. The van der Waals surface area contributed by atoms with Gasteiger partial charge in [0.2, 0.25) is 5.91 Å². The molecule has 2 N–H and O–H groups in total. The van der Waals surface area contributed by atoms with Crippen molar-refractivity contribution < 1.29 is 4.79 Å². The predicted molar refractivity (Wildman–Crippen MR) is 59.3 cm³/mol. The summed E-state index contributed by atoms with van der Waals surface area (Å²) in [5.41, 5.74) is 5.33. The highest BCUT2D eigenvalue weighted by molar-refractivity contribution is 5.78. The Morgan fingerprint density at radius 1 is 1.38 bits per heavy atom. The predicted octanol–water partition coefficient (Wildman–Crippen LogP) is -0.609. The van der Waals surface area contributed by atoms with Crippen molar-refractivity contribution in [3.8, 4) is 6.07 Å². The summed E-state index contributed by atoms with van der Waals surface area (Å²) in [5, 5.41) is 8.71. The fourth-order valence-electron chi connectivity index (χ4n) is 2.50. The molecule has 0 aromatic rings. The Morgan fingerprint density at radius 3 is 2.50 bits per heavy atom. The summed E-state index contributed by atoms with van der Waals surface area (Å²) in [4.78, 5) is 15.6. The highest BCUT2D eigenvalue weighted by Gasteiger charge is 2.34. The van der Waals surface area contributed by atoms with Gasteiger partial charge >= 0.3 is 0 Å². The Labute approximate surface area is 95.8 Å². The van der Waals surface area contributed by atoms with Crippen LogP contribution in [0, 0.1) is 17.2 Å². The first-order valence-electron chi connectivity index (χ1n) is 5.86. The second-order valence-electron chi connectivity index (χ2n) is 4.60. The van der Waals surface area contributed by atoms with Crippen molar-refractivity contribution in [2.45, 2.75) is 18.9 Å². The van der Waals surface area contributed by atoms with Gasteiger partial charge in [0.15, 0.2) is 0 Å². The molecule has 2 saturated heterocycles. The molecule has 5 nitrogen and oxygen atoms in total. The number of amides is 1. The molecule has 2 fully saturated rings. The zero-order valence-electron chi connectivity index (χ0n) is 9.43. The average Bonchev–Trinajstić information content (AvgIpc) is 2.27. The second-order valence-corrected chi connectivity index (χ2v) is 4.60. The number of carbonyl (C=O) groups is 1. The summed E-state index contributed by atoms with van der Waals surface area (Å²) in [6.45, 7) is 3.56. The fourth-order valence-corrected chi connectivity index (χ4v) is 2.50. The molecule has 1 amide bonds. The van der Waals surface area contributed by atoms with Crippen LogP contribution in [0.25, 0.3) is 0 Å². The van der Waals surface area contributed by atoms with Gasteiger partial charge in [0.05, 0.1) is 18.5 Å². The third-order valence-corrected chi connectivity index (χ3v) is 3.60. The van der Waals surface area contributed by atoms with E-state index in [1.165, 1.54) is 0 Å². The van der Waals surface area contributed by atoms with Crippen LogP contribution >= 0.6 is 0 Å². The molecular formula is C11H18N4O. The molecule has 2 aliphatic heterocycles.